The summed E-state index contributed by atoms with van der Waals surface area (Å²) in [5.41, 5.74) is 1.98. The minimum atomic E-state index is -1.02. The highest BCUT2D eigenvalue weighted by Gasteiger charge is 2.23. The molecule has 1 fully saturated rings. The van der Waals surface area contributed by atoms with E-state index in [4.69, 9.17) is 5.11 Å². The molecule has 0 aliphatic heterocycles. The lowest BCUT2D eigenvalue weighted by Gasteiger charge is -2.15. The molecule has 1 aromatic carbocycles. The number of hydrogen-bond donors (Lipinski definition) is 2. The van der Waals surface area contributed by atoms with Crippen LogP contribution in [0.3, 0.4) is 0 Å². The number of aromatic carboxylic acids is 1. The van der Waals surface area contributed by atoms with Crippen molar-refractivity contribution in [1.82, 2.24) is 9.78 Å². The number of nitrogens with zero attached hydrogens (tertiary/aromatic N) is 2. The SMILES string of the molecule is Cc1ccc(C(=O)O)cc1NC(=O)c1ccnn1C1CCCC1. The van der Waals surface area contributed by atoms with Gasteiger partial charge in [0, 0.05) is 11.9 Å². The first kappa shape index (κ1) is 15.3. The molecule has 6 heteroatoms. The Kier molecular flexibility index (Phi) is 4.14. The Morgan fingerprint density at radius 2 is 2.00 bits per heavy atom. The fourth-order valence-electron chi connectivity index (χ4n) is 3.01. The number of carbonyl (C=O) groups is 2. The maximum atomic E-state index is 12.6. The molecule has 2 N–H and O–H groups in total. The third kappa shape index (κ3) is 3.11. The summed E-state index contributed by atoms with van der Waals surface area (Å²) >= 11 is 0. The number of aryl methyl sites for hydroxylation is 1. The molecule has 0 saturated heterocycles. The molecule has 0 spiro atoms. The number of hydrogen-bond acceptors (Lipinski definition) is 3. The van der Waals surface area contributed by atoms with E-state index in [0.29, 0.717) is 11.4 Å². The topological polar surface area (TPSA) is 84.2 Å². The Morgan fingerprint density at radius 1 is 1.26 bits per heavy atom. The molecular weight excluding hydrogens is 294 g/mol. The van der Waals surface area contributed by atoms with Crippen LogP contribution in [-0.2, 0) is 0 Å². The third-order valence-corrected chi connectivity index (χ3v) is 4.31. The van der Waals surface area contributed by atoms with E-state index in [2.05, 4.69) is 10.4 Å². The molecule has 0 unspecified atom stereocenters. The second-order valence-electron chi connectivity index (χ2n) is 5.89. The lowest BCUT2D eigenvalue weighted by atomic mass is 10.1. The maximum absolute atomic E-state index is 12.6. The highest BCUT2D eigenvalue weighted by Crippen LogP contribution is 2.30. The number of benzene rings is 1. The third-order valence-electron chi connectivity index (χ3n) is 4.31. The maximum Gasteiger partial charge on any atom is 0.335 e. The Balaban J connectivity index is 1.84. The van der Waals surface area contributed by atoms with E-state index in [1.807, 2.05) is 6.92 Å². The number of amides is 1. The van der Waals surface area contributed by atoms with Gasteiger partial charge >= 0.3 is 5.97 Å². The molecule has 1 saturated carbocycles. The molecule has 2 aromatic rings. The van der Waals surface area contributed by atoms with Gasteiger partial charge in [0.15, 0.2) is 0 Å². The largest absolute Gasteiger partial charge is 0.478 e. The zero-order chi connectivity index (χ0) is 16.4. The van der Waals surface area contributed by atoms with E-state index < -0.39 is 5.97 Å². The minimum absolute atomic E-state index is 0.148. The summed E-state index contributed by atoms with van der Waals surface area (Å²) in [6.07, 6.45) is 6.02. The number of aromatic nitrogens is 2. The van der Waals surface area contributed by atoms with Crippen LogP contribution in [0, 0.1) is 6.92 Å². The first-order valence-corrected chi connectivity index (χ1v) is 7.75. The monoisotopic (exact) mass is 313 g/mol. The van der Waals surface area contributed by atoms with Gasteiger partial charge in [0.05, 0.1) is 11.6 Å². The summed E-state index contributed by atoms with van der Waals surface area (Å²) in [4.78, 5) is 23.6. The molecule has 1 amide bonds. The first-order chi connectivity index (χ1) is 11.1. The van der Waals surface area contributed by atoms with Crippen molar-refractivity contribution in [1.29, 1.82) is 0 Å². The van der Waals surface area contributed by atoms with Gasteiger partial charge in [0.1, 0.15) is 5.69 Å². The summed E-state index contributed by atoms with van der Waals surface area (Å²) in [7, 11) is 0. The first-order valence-electron chi connectivity index (χ1n) is 7.75. The molecule has 1 aromatic heterocycles. The van der Waals surface area contributed by atoms with Crippen LogP contribution in [-0.4, -0.2) is 26.8 Å². The molecule has 1 aliphatic rings. The number of carboxylic acids is 1. The van der Waals surface area contributed by atoms with E-state index >= 15 is 0 Å². The molecule has 0 atom stereocenters. The molecule has 1 aliphatic carbocycles. The van der Waals surface area contributed by atoms with Gasteiger partial charge in [-0.1, -0.05) is 18.9 Å². The fourth-order valence-corrected chi connectivity index (χ4v) is 3.01. The highest BCUT2D eigenvalue weighted by molar-refractivity contribution is 6.04. The van der Waals surface area contributed by atoms with Gasteiger partial charge in [-0.05, 0) is 43.5 Å². The van der Waals surface area contributed by atoms with Crippen molar-refractivity contribution < 1.29 is 14.7 Å². The van der Waals surface area contributed by atoms with Crippen LogP contribution < -0.4 is 5.32 Å². The van der Waals surface area contributed by atoms with Gasteiger partial charge in [-0.3, -0.25) is 9.48 Å². The normalized spacial score (nSPS) is 14.8. The average molecular weight is 313 g/mol. The molecule has 3 rings (SSSR count). The summed E-state index contributed by atoms with van der Waals surface area (Å²) in [5, 5.41) is 16.2. The van der Waals surface area contributed by atoms with Gasteiger partial charge in [0.25, 0.3) is 5.91 Å². The van der Waals surface area contributed by atoms with Gasteiger partial charge in [-0.2, -0.15) is 5.10 Å². The van der Waals surface area contributed by atoms with E-state index in [1.165, 1.54) is 12.1 Å². The van der Waals surface area contributed by atoms with Crippen molar-refractivity contribution >= 4 is 17.6 Å². The molecule has 120 valence electrons. The summed E-state index contributed by atoms with van der Waals surface area (Å²) in [6.45, 7) is 1.83. The second kappa shape index (κ2) is 6.24. The van der Waals surface area contributed by atoms with Crippen molar-refractivity contribution in [3.8, 4) is 0 Å². The van der Waals surface area contributed by atoms with Crippen LogP contribution in [0.5, 0.6) is 0 Å². The van der Waals surface area contributed by atoms with Crippen LogP contribution in [0.2, 0.25) is 0 Å². The number of rotatable bonds is 4. The fraction of sp³-hybridized carbons (Fsp3) is 0.353. The second-order valence-corrected chi connectivity index (χ2v) is 5.89. The van der Waals surface area contributed by atoms with E-state index in [9.17, 15) is 9.59 Å². The van der Waals surface area contributed by atoms with Crippen LogP contribution in [0.15, 0.2) is 30.5 Å². The van der Waals surface area contributed by atoms with E-state index in [1.54, 1.807) is 23.0 Å². The lowest BCUT2D eigenvalue weighted by molar-refractivity contribution is 0.0696. The molecule has 23 heavy (non-hydrogen) atoms. The van der Waals surface area contributed by atoms with Crippen molar-refractivity contribution in [3.05, 3.63) is 47.3 Å². The van der Waals surface area contributed by atoms with E-state index in [-0.39, 0.29) is 17.5 Å². The van der Waals surface area contributed by atoms with Crippen LogP contribution >= 0.6 is 0 Å². The van der Waals surface area contributed by atoms with E-state index in [0.717, 1.165) is 31.2 Å². The Labute approximate surface area is 134 Å². The van der Waals surface area contributed by atoms with Crippen molar-refractivity contribution in [2.24, 2.45) is 0 Å². The predicted octanol–water partition coefficient (Wildman–Crippen LogP) is 3.26. The molecular formula is C17H19N3O3. The van der Waals surface area contributed by atoms with Gasteiger partial charge < -0.3 is 10.4 Å². The molecule has 1 heterocycles. The molecule has 0 bridgehead atoms. The molecule has 6 nitrogen and oxygen atoms in total. The average Bonchev–Trinajstić information content (AvgIpc) is 3.19. The number of anilines is 1. The van der Waals surface area contributed by atoms with Crippen molar-refractivity contribution in [2.75, 3.05) is 5.32 Å². The Bertz CT molecular complexity index is 745. The zero-order valence-corrected chi connectivity index (χ0v) is 13.0. The number of carbonyl (C=O) groups excluding carboxylic acids is 1. The van der Waals surface area contributed by atoms with Gasteiger partial charge in [-0.25, -0.2) is 4.79 Å². The summed E-state index contributed by atoms with van der Waals surface area (Å²) in [6, 6.07) is 6.66. The summed E-state index contributed by atoms with van der Waals surface area (Å²) < 4.78 is 1.79. The standard InChI is InChI=1S/C17H19N3O3/c1-11-6-7-12(17(22)23)10-14(11)19-16(21)15-8-9-18-20(15)13-4-2-3-5-13/h6-10,13H,2-5H2,1H3,(H,19,21)(H,22,23). The van der Waals surface area contributed by atoms with Gasteiger partial charge in [-0.15, -0.1) is 0 Å². The van der Waals surface area contributed by atoms with Gasteiger partial charge in [0.2, 0.25) is 0 Å². The smallest absolute Gasteiger partial charge is 0.335 e. The Hall–Kier alpha value is -2.63. The highest BCUT2D eigenvalue weighted by atomic mass is 16.4. The number of nitrogens with one attached hydrogen (secondary N) is 1. The summed E-state index contributed by atoms with van der Waals surface area (Å²) in [5.74, 6) is -1.28. The lowest BCUT2D eigenvalue weighted by Crippen LogP contribution is -2.20. The zero-order valence-electron chi connectivity index (χ0n) is 13.0. The van der Waals surface area contributed by atoms with Crippen molar-refractivity contribution in [2.45, 2.75) is 38.6 Å². The Morgan fingerprint density at radius 3 is 2.70 bits per heavy atom. The quantitative estimate of drug-likeness (QED) is 0.907. The molecule has 0 radical (unpaired) electrons. The van der Waals surface area contributed by atoms with Crippen LogP contribution in [0.25, 0.3) is 0 Å². The van der Waals surface area contributed by atoms with Crippen LogP contribution in [0.4, 0.5) is 5.69 Å². The predicted molar refractivity (Wildman–Crippen MR) is 85.8 cm³/mol. The minimum Gasteiger partial charge on any atom is -0.478 e. The number of carboxylic acid groups (broad SMARTS) is 1. The van der Waals surface area contributed by atoms with Crippen LogP contribution in [0.1, 0.15) is 58.1 Å². The van der Waals surface area contributed by atoms with Crippen molar-refractivity contribution in [3.63, 3.8) is 0 Å².